The number of carbonyl (C=O) groups is 1. The van der Waals surface area contributed by atoms with Crippen LogP contribution in [0, 0.1) is 5.82 Å². The van der Waals surface area contributed by atoms with E-state index in [0.29, 0.717) is 18.4 Å². The highest BCUT2D eigenvalue weighted by Crippen LogP contribution is 2.41. The number of aliphatic hydroxyl groups is 1. The molecule has 5 heterocycles. The molecule has 0 spiro atoms. The number of fused-ring (bicyclic) bond motifs is 1. The van der Waals surface area contributed by atoms with Gasteiger partial charge in [0, 0.05) is 29.5 Å². The van der Waals surface area contributed by atoms with Gasteiger partial charge in [-0.25, -0.2) is 23.8 Å². The number of amides is 1. The molecule has 14 heteroatoms. The van der Waals surface area contributed by atoms with E-state index in [1.165, 1.54) is 24.4 Å². The zero-order valence-corrected chi connectivity index (χ0v) is 20.0. The van der Waals surface area contributed by atoms with Crippen LogP contribution in [0.5, 0.6) is 0 Å². The van der Waals surface area contributed by atoms with Crippen LogP contribution < -0.4 is 0 Å². The maximum Gasteiger partial charge on any atom is 0.247 e. The molecule has 0 unspecified atom stereocenters. The first-order chi connectivity index (χ1) is 19.5. The number of tetrazole rings is 1. The number of hydrogen-bond donors (Lipinski definition) is 2. The molecule has 1 fully saturated rings. The van der Waals surface area contributed by atoms with Gasteiger partial charge in [0.25, 0.3) is 0 Å². The zero-order chi connectivity index (χ0) is 29.2. The second-order valence-electron chi connectivity index (χ2n) is 8.77. The maximum atomic E-state index is 15.4. The van der Waals surface area contributed by atoms with Crippen molar-refractivity contribution in [1.29, 1.82) is 0 Å². The Bertz CT molecular complexity index is 1680. The molecule has 6 rings (SSSR count). The average molecular weight is 544 g/mol. The van der Waals surface area contributed by atoms with Crippen LogP contribution in [-0.4, -0.2) is 77.1 Å². The molecular formula is C24H19ClF2N8O3. The van der Waals surface area contributed by atoms with Gasteiger partial charge in [0.1, 0.15) is 13.4 Å². The Balaban J connectivity index is 1.33. The summed E-state index contributed by atoms with van der Waals surface area (Å²) in [5, 5.41) is 30.1. The van der Waals surface area contributed by atoms with Gasteiger partial charge in [0.2, 0.25) is 5.91 Å². The molecule has 194 valence electrons. The fourth-order valence-electron chi connectivity index (χ4n) is 5.07. The van der Waals surface area contributed by atoms with Crippen LogP contribution in [0.2, 0.25) is 5.02 Å². The van der Waals surface area contributed by atoms with Gasteiger partial charge in [-0.15, -0.1) is 5.10 Å². The van der Waals surface area contributed by atoms with Gasteiger partial charge in [0.15, 0.2) is 17.5 Å². The van der Waals surface area contributed by atoms with E-state index in [1.807, 2.05) is 0 Å². The van der Waals surface area contributed by atoms with Crippen molar-refractivity contribution in [2.24, 2.45) is 9.98 Å². The lowest BCUT2D eigenvalue weighted by molar-refractivity contribution is -0.128. The second-order valence-corrected chi connectivity index (χ2v) is 9.18. The van der Waals surface area contributed by atoms with Crippen molar-refractivity contribution in [3.8, 4) is 5.69 Å². The van der Waals surface area contributed by atoms with E-state index >= 15 is 8.78 Å². The minimum Gasteiger partial charge on any atom is -0.390 e. The third-order valence-electron chi connectivity index (χ3n) is 6.74. The Morgan fingerprint density at radius 3 is 2.89 bits per heavy atom. The van der Waals surface area contributed by atoms with E-state index in [9.17, 15) is 15.1 Å². The van der Waals surface area contributed by atoms with Crippen LogP contribution >= 0.6 is 11.6 Å². The molecule has 38 heavy (non-hydrogen) atoms. The normalized spacial score (nSPS) is 26.4. The Labute approximate surface area is 223 Å². The highest BCUT2D eigenvalue weighted by Gasteiger charge is 2.43. The van der Waals surface area contributed by atoms with Crippen LogP contribution in [-0.2, 0) is 4.79 Å². The minimum absolute atomic E-state index is 0.0156. The van der Waals surface area contributed by atoms with Crippen molar-refractivity contribution in [1.82, 2.24) is 30.2 Å². The van der Waals surface area contributed by atoms with E-state index in [0.717, 1.165) is 17.0 Å². The number of allylic oxidation sites excluding steroid dienone is 4. The summed E-state index contributed by atoms with van der Waals surface area (Å²) in [5.41, 5.74) is -0.651. The Morgan fingerprint density at radius 2 is 2.13 bits per heavy atom. The molecule has 2 aromatic rings. The summed E-state index contributed by atoms with van der Waals surface area (Å²) in [5.74, 6) is -2.20. The van der Waals surface area contributed by atoms with Crippen molar-refractivity contribution >= 4 is 35.1 Å². The SMILES string of the molecule is [2H]c1nnnn1-c1ccc(Cl)c(F)c1C1=CC(=O)N2[C@H](CC[C@H]2C2=N/C(=C3\C=CN(O)C(C([2H])([2H])O)=C3F)C=N2)C1. The van der Waals surface area contributed by atoms with Crippen molar-refractivity contribution in [3.63, 3.8) is 0 Å². The predicted molar refractivity (Wildman–Crippen MR) is 131 cm³/mol. The molecule has 1 amide bonds. The van der Waals surface area contributed by atoms with E-state index in [2.05, 4.69) is 25.5 Å². The van der Waals surface area contributed by atoms with Crippen LogP contribution in [0.4, 0.5) is 8.78 Å². The smallest absolute Gasteiger partial charge is 0.247 e. The topological polar surface area (TPSA) is 132 Å². The summed E-state index contributed by atoms with van der Waals surface area (Å²) in [4.78, 5) is 23.7. The molecule has 2 N–H and O–H groups in total. The van der Waals surface area contributed by atoms with Crippen LogP contribution in [0.25, 0.3) is 11.3 Å². The van der Waals surface area contributed by atoms with E-state index in [-0.39, 0.29) is 57.2 Å². The number of hydrogen-bond acceptors (Lipinski definition) is 9. The summed E-state index contributed by atoms with van der Waals surface area (Å²) >= 11 is 6.07. The molecule has 4 aliphatic rings. The molecule has 1 aromatic heterocycles. The minimum atomic E-state index is -3.17. The third-order valence-corrected chi connectivity index (χ3v) is 7.03. The fraction of sp³-hybridized carbons (Fsp3) is 0.250. The summed E-state index contributed by atoms with van der Waals surface area (Å²) < 4.78 is 54.2. The quantitative estimate of drug-likeness (QED) is 0.606. The van der Waals surface area contributed by atoms with Crippen LogP contribution in [0.3, 0.4) is 0 Å². The molecule has 11 nitrogen and oxygen atoms in total. The second kappa shape index (κ2) is 9.35. The third kappa shape index (κ3) is 3.86. The first-order valence-electron chi connectivity index (χ1n) is 12.9. The van der Waals surface area contributed by atoms with Crippen LogP contribution in [0.15, 0.2) is 69.6 Å². The molecule has 0 aliphatic carbocycles. The largest absolute Gasteiger partial charge is 0.390 e. The summed E-state index contributed by atoms with van der Waals surface area (Å²) in [7, 11) is 0. The number of aliphatic imine (C=N–C) groups is 2. The lowest BCUT2D eigenvalue weighted by atomic mass is 9.92. The molecule has 0 bridgehead atoms. The van der Waals surface area contributed by atoms with Gasteiger partial charge >= 0.3 is 0 Å². The lowest BCUT2D eigenvalue weighted by Crippen LogP contribution is -2.45. The summed E-state index contributed by atoms with van der Waals surface area (Å²) in [6, 6.07) is 1.87. The van der Waals surface area contributed by atoms with Gasteiger partial charge in [-0.2, -0.15) is 4.68 Å². The van der Waals surface area contributed by atoms with Gasteiger partial charge < -0.3 is 10.0 Å². The highest BCUT2D eigenvalue weighted by atomic mass is 35.5. The average Bonchev–Trinajstić information content (AvgIpc) is 3.64. The van der Waals surface area contributed by atoms with Gasteiger partial charge in [0.05, 0.1) is 38.0 Å². The number of benzene rings is 1. The molecule has 4 aliphatic heterocycles. The van der Waals surface area contributed by atoms with Gasteiger partial charge in [-0.05, 0) is 53.5 Å². The first-order valence-corrected chi connectivity index (χ1v) is 11.8. The predicted octanol–water partition coefficient (Wildman–Crippen LogP) is 2.73. The number of carbonyl (C=O) groups excluding carboxylic acids is 1. The molecule has 0 saturated carbocycles. The monoisotopic (exact) mass is 543 g/mol. The molecule has 0 radical (unpaired) electrons. The lowest BCUT2D eigenvalue weighted by Gasteiger charge is -2.33. The van der Waals surface area contributed by atoms with Gasteiger partial charge in [-0.1, -0.05) is 11.6 Å². The fourth-order valence-corrected chi connectivity index (χ4v) is 5.22. The number of halogens is 3. The number of aromatic nitrogens is 4. The number of amidine groups is 1. The number of nitrogens with zero attached hydrogens (tertiary/aromatic N) is 8. The maximum absolute atomic E-state index is 15.4. The standard InChI is InChI=1S/C24H19ClF2N8O3/c25-15-2-4-17(33-11-29-31-32-33)21(23(15)27)12-7-13-1-3-18(35(13)20(37)8-12)24-28-9-16(30-24)14-5-6-34(38)19(10-36)22(14)26/h2,4-6,8-9,11,13,18,36,38H,1,3,7,10H2/b16-14+/t13-,18+/m1/s1/i10D2,11D. The highest BCUT2D eigenvalue weighted by molar-refractivity contribution is 6.31. The summed E-state index contributed by atoms with van der Waals surface area (Å²) in [6.45, 7) is -3.17. The molecular weight excluding hydrogens is 522 g/mol. The van der Waals surface area contributed by atoms with Crippen molar-refractivity contribution < 1.29 is 28.0 Å². The van der Waals surface area contributed by atoms with Gasteiger partial charge in [-0.3, -0.25) is 10.0 Å². The summed E-state index contributed by atoms with van der Waals surface area (Å²) in [6.07, 6.45) is 5.59. The number of hydroxylamine groups is 2. The van der Waals surface area contributed by atoms with Crippen molar-refractivity contribution in [3.05, 3.63) is 76.0 Å². The van der Waals surface area contributed by atoms with E-state index < -0.39 is 35.8 Å². The molecule has 1 aromatic carbocycles. The van der Waals surface area contributed by atoms with E-state index in [1.54, 1.807) is 4.90 Å². The zero-order valence-electron chi connectivity index (χ0n) is 22.3. The number of rotatable bonds is 4. The van der Waals surface area contributed by atoms with Crippen molar-refractivity contribution in [2.45, 2.75) is 31.3 Å². The van der Waals surface area contributed by atoms with E-state index in [4.69, 9.17) is 15.7 Å². The Kier molecular flexibility index (Phi) is 5.15. The Hall–Kier alpha value is -4.07. The first kappa shape index (κ1) is 20.9. The van der Waals surface area contributed by atoms with Crippen LogP contribution in [0.1, 0.15) is 28.9 Å². The van der Waals surface area contributed by atoms with Crippen molar-refractivity contribution in [2.75, 3.05) is 6.56 Å². The Morgan fingerprint density at radius 1 is 1.29 bits per heavy atom. The molecule has 1 saturated heterocycles. The molecule has 2 atom stereocenters.